The van der Waals surface area contributed by atoms with Crippen molar-refractivity contribution in [2.24, 2.45) is 0 Å². The second kappa shape index (κ2) is 13.3. The van der Waals surface area contributed by atoms with E-state index in [1.54, 1.807) is 37.3 Å². The van der Waals surface area contributed by atoms with Gasteiger partial charge in [-0.15, -0.1) is 0 Å². The Morgan fingerprint density at radius 3 is 1.46 bits per heavy atom. The zero-order valence-electron chi connectivity index (χ0n) is 35.3. The monoisotopic (exact) mass is 790 g/mol. The van der Waals surface area contributed by atoms with Crippen LogP contribution in [0.4, 0.5) is 0 Å². The van der Waals surface area contributed by atoms with Gasteiger partial charge in [0.15, 0.2) is 0 Å². The first-order valence-electron chi connectivity index (χ1n) is 19.4. The first kappa shape index (κ1) is 41.7. The number of aryl methyl sites for hydroxylation is 1. The van der Waals surface area contributed by atoms with Gasteiger partial charge >= 0.3 is 336 Å². The van der Waals surface area contributed by atoms with Crippen molar-refractivity contribution in [3.8, 4) is 11.1 Å². The van der Waals surface area contributed by atoms with E-state index in [9.17, 15) is 23.1 Å². The molecule has 0 atom stereocenters. The van der Waals surface area contributed by atoms with E-state index in [4.69, 9.17) is 0 Å². The minimum atomic E-state index is -6.08. The SMILES string of the molecule is Cc1ccccc1S(=O)(=O)c1ccc(P(O)(O)(O)c2cc3ccc(C(C)(C)C)cc3cc2C(C)(C)C)c(-c2cc3ccc(C(C)(C)C)cc3cc2C(C)(C)C)c1. The van der Waals surface area contributed by atoms with Crippen LogP contribution >= 0.6 is 7.28 Å². The molecule has 0 spiro atoms. The summed E-state index contributed by atoms with van der Waals surface area (Å²) in [5, 5.41) is 3.52. The van der Waals surface area contributed by atoms with Gasteiger partial charge in [0.25, 0.3) is 0 Å². The molecule has 0 saturated heterocycles. The van der Waals surface area contributed by atoms with Crippen LogP contribution in [0, 0.1) is 6.92 Å². The molecule has 0 amide bonds. The molecule has 6 rings (SSSR count). The third-order valence-electron chi connectivity index (χ3n) is 11.1. The van der Waals surface area contributed by atoms with Gasteiger partial charge in [-0.25, -0.2) is 0 Å². The summed E-state index contributed by atoms with van der Waals surface area (Å²) in [7, 11) is -10.1. The number of hydrogen-bond acceptors (Lipinski definition) is 5. The van der Waals surface area contributed by atoms with Crippen LogP contribution < -0.4 is 10.6 Å². The Labute approximate surface area is 334 Å². The van der Waals surface area contributed by atoms with Crippen LogP contribution in [0.15, 0.2) is 113 Å². The fourth-order valence-corrected chi connectivity index (χ4v) is 11.7. The summed E-state index contributed by atoms with van der Waals surface area (Å²) in [5.74, 6) is 0. The quantitative estimate of drug-likeness (QED) is 0.151. The van der Waals surface area contributed by atoms with E-state index < -0.39 is 28.0 Å². The zero-order valence-corrected chi connectivity index (χ0v) is 37.0. The fourth-order valence-electron chi connectivity index (χ4n) is 7.67. The van der Waals surface area contributed by atoms with Gasteiger partial charge in [-0.2, -0.15) is 0 Å². The molecule has 3 N–H and O–H groups in total. The molecule has 0 aliphatic rings. The van der Waals surface area contributed by atoms with Gasteiger partial charge < -0.3 is 0 Å². The predicted molar refractivity (Wildman–Crippen MR) is 238 cm³/mol. The van der Waals surface area contributed by atoms with Crippen LogP contribution in [-0.2, 0) is 31.5 Å². The summed E-state index contributed by atoms with van der Waals surface area (Å²) in [5.41, 5.74) is 3.98. The van der Waals surface area contributed by atoms with E-state index >= 15 is 0 Å². The van der Waals surface area contributed by atoms with Gasteiger partial charge in [-0.05, 0) is 0 Å². The van der Waals surface area contributed by atoms with Gasteiger partial charge in [-0.1, -0.05) is 0 Å². The molecule has 0 aromatic heterocycles. The predicted octanol–water partition coefficient (Wildman–Crippen LogP) is 11.2. The third kappa shape index (κ3) is 7.60. The Morgan fingerprint density at radius 2 is 0.964 bits per heavy atom. The molecule has 0 unspecified atom stereocenters. The maximum atomic E-state index is 14.4. The molecule has 0 aliphatic heterocycles. The van der Waals surface area contributed by atoms with Gasteiger partial charge in [0.05, 0.1) is 0 Å². The van der Waals surface area contributed by atoms with E-state index in [2.05, 4.69) is 92.6 Å². The molecule has 0 radical (unpaired) electrons. The van der Waals surface area contributed by atoms with Crippen molar-refractivity contribution in [1.29, 1.82) is 0 Å². The van der Waals surface area contributed by atoms with E-state index in [0.29, 0.717) is 16.7 Å². The first-order valence-corrected chi connectivity index (χ1v) is 23.0. The molecule has 6 aromatic rings. The number of hydrogen-bond donors (Lipinski definition) is 3. The van der Waals surface area contributed by atoms with Gasteiger partial charge in [0.2, 0.25) is 0 Å². The minimum absolute atomic E-state index is 0.00943. The van der Waals surface area contributed by atoms with E-state index in [-0.39, 0.29) is 36.8 Å². The topological polar surface area (TPSA) is 94.8 Å². The molecule has 56 heavy (non-hydrogen) atoms. The number of rotatable bonds is 5. The van der Waals surface area contributed by atoms with Crippen LogP contribution in [0.25, 0.3) is 32.7 Å². The Bertz CT molecular complexity index is 2640. The van der Waals surface area contributed by atoms with Crippen molar-refractivity contribution in [3.63, 3.8) is 0 Å². The molecule has 7 heteroatoms. The van der Waals surface area contributed by atoms with E-state index in [1.165, 1.54) is 23.8 Å². The summed E-state index contributed by atoms with van der Waals surface area (Å²) >= 11 is 0. The van der Waals surface area contributed by atoms with Crippen molar-refractivity contribution in [2.75, 3.05) is 0 Å². The third-order valence-corrected chi connectivity index (χ3v) is 15.6. The van der Waals surface area contributed by atoms with Crippen molar-refractivity contribution in [3.05, 3.63) is 131 Å². The molecule has 0 aliphatic carbocycles. The van der Waals surface area contributed by atoms with E-state index in [0.717, 1.165) is 32.7 Å². The fraction of sp³-hybridized carbons (Fsp3) is 0.347. The van der Waals surface area contributed by atoms with Crippen LogP contribution in [-0.4, -0.2) is 23.1 Å². The Morgan fingerprint density at radius 1 is 0.464 bits per heavy atom. The Hall–Kier alpha value is -3.90. The molecule has 0 saturated carbocycles. The average Bonchev–Trinajstić information content (AvgIpc) is 3.08. The van der Waals surface area contributed by atoms with Crippen LogP contribution in [0.3, 0.4) is 0 Å². The molecular formula is C49H59O5PS. The number of sulfone groups is 1. The van der Waals surface area contributed by atoms with E-state index in [1.807, 2.05) is 45.0 Å². The van der Waals surface area contributed by atoms with Crippen molar-refractivity contribution in [2.45, 2.75) is 121 Å². The first-order chi connectivity index (χ1) is 25.5. The molecule has 0 bridgehead atoms. The summed E-state index contributed by atoms with van der Waals surface area (Å²) in [6.45, 7) is 27.0. The second-order valence-corrected chi connectivity index (χ2v) is 24.7. The summed E-state index contributed by atoms with van der Waals surface area (Å²) in [6.07, 6.45) is 0. The molecule has 296 valence electrons. The average molecular weight is 791 g/mol. The molecule has 6 aromatic carbocycles. The molecular weight excluding hydrogens is 732 g/mol. The van der Waals surface area contributed by atoms with Crippen molar-refractivity contribution >= 4 is 49.3 Å². The molecule has 0 fully saturated rings. The molecule has 0 heterocycles. The van der Waals surface area contributed by atoms with Gasteiger partial charge in [0, 0.05) is 0 Å². The Kier molecular flexibility index (Phi) is 9.93. The summed E-state index contributed by atoms with van der Waals surface area (Å²) < 4.78 is 28.9. The van der Waals surface area contributed by atoms with Crippen LogP contribution in [0.1, 0.15) is 111 Å². The van der Waals surface area contributed by atoms with Crippen molar-refractivity contribution in [1.82, 2.24) is 0 Å². The second-order valence-electron chi connectivity index (χ2n) is 19.8. The standard InChI is InChI=1S/C49H59O5PS/c1-31-16-14-15-17-45(31)56(53,54)38-22-23-43(40(30-38)39-26-32-18-20-36(46(2,3)4)24-34(32)27-41(39)48(8,9)10)55(50,51,52)44-29-33-19-21-37(47(5,6)7)25-35(33)28-42(44)49(11,12)13/h14-30,50-52H,1-13H3. The van der Waals surface area contributed by atoms with Crippen LogP contribution in [0.5, 0.6) is 0 Å². The number of benzene rings is 6. The normalized spacial score (nSPS) is 14.2. The van der Waals surface area contributed by atoms with Gasteiger partial charge in [-0.3, -0.25) is 0 Å². The maximum absolute atomic E-state index is 14.4. The Balaban J connectivity index is 1.75. The number of fused-ring (bicyclic) bond motifs is 2. The summed E-state index contributed by atoms with van der Waals surface area (Å²) in [6, 6.07) is 31.4. The molecule has 5 nitrogen and oxygen atoms in total. The van der Waals surface area contributed by atoms with Gasteiger partial charge in [0.1, 0.15) is 0 Å². The van der Waals surface area contributed by atoms with Crippen molar-refractivity contribution < 1.29 is 23.1 Å². The van der Waals surface area contributed by atoms with Crippen LogP contribution in [0.2, 0.25) is 0 Å². The summed E-state index contributed by atoms with van der Waals surface area (Å²) in [4.78, 5) is 39.0. The zero-order chi connectivity index (χ0) is 41.6.